The summed E-state index contributed by atoms with van der Waals surface area (Å²) in [4.78, 5) is 0. The Bertz CT molecular complexity index is 663. The van der Waals surface area contributed by atoms with Gasteiger partial charge >= 0.3 is 0 Å². The van der Waals surface area contributed by atoms with Crippen molar-refractivity contribution in [3.8, 4) is 0 Å². The van der Waals surface area contributed by atoms with E-state index >= 15 is 0 Å². The Balaban J connectivity index is 2.20. The predicted molar refractivity (Wildman–Crippen MR) is 105 cm³/mol. The predicted octanol–water partition coefficient (Wildman–Crippen LogP) is 4.06. The largest absolute Gasteiger partial charge is 0.394 e. The van der Waals surface area contributed by atoms with Crippen molar-refractivity contribution >= 4 is 11.8 Å². The van der Waals surface area contributed by atoms with Crippen molar-refractivity contribution in [2.24, 2.45) is 0 Å². The molecule has 3 aromatic rings. The molecule has 0 amide bonds. The first-order valence-electron chi connectivity index (χ1n) is 8.37. The van der Waals surface area contributed by atoms with E-state index in [4.69, 9.17) is 0 Å². The van der Waals surface area contributed by atoms with Gasteiger partial charge in [0.2, 0.25) is 0 Å². The second kappa shape index (κ2) is 8.34. The first-order valence-corrected chi connectivity index (χ1v) is 9.35. The summed E-state index contributed by atoms with van der Waals surface area (Å²) in [6.45, 7) is -0.235. The molecule has 0 aliphatic heterocycles. The average molecular weight is 350 g/mol. The summed E-state index contributed by atoms with van der Waals surface area (Å²) in [5.41, 5.74) is 3.47. The van der Waals surface area contributed by atoms with E-state index in [0.29, 0.717) is 5.75 Å². The van der Waals surface area contributed by atoms with E-state index in [1.54, 1.807) is 11.8 Å². The molecule has 3 aromatic carbocycles. The lowest BCUT2D eigenvalue weighted by Gasteiger charge is -2.36. The van der Waals surface area contributed by atoms with Gasteiger partial charge in [-0.15, -0.1) is 11.8 Å². The zero-order valence-electron chi connectivity index (χ0n) is 14.0. The zero-order valence-corrected chi connectivity index (χ0v) is 14.8. The average Bonchev–Trinajstić information content (AvgIpc) is 2.71. The molecule has 3 rings (SSSR count). The van der Waals surface area contributed by atoms with Crippen LogP contribution in [0, 0.1) is 0 Å². The molecule has 128 valence electrons. The van der Waals surface area contributed by atoms with E-state index in [0.717, 1.165) is 16.7 Å². The number of rotatable bonds is 7. The fourth-order valence-corrected chi connectivity index (χ4v) is 4.50. The molecule has 0 bridgehead atoms. The number of benzene rings is 3. The van der Waals surface area contributed by atoms with Gasteiger partial charge in [0, 0.05) is 5.75 Å². The highest BCUT2D eigenvalue weighted by Crippen LogP contribution is 2.48. The van der Waals surface area contributed by atoms with Crippen LogP contribution in [0.3, 0.4) is 0 Å². The van der Waals surface area contributed by atoms with Crippen LogP contribution < -0.4 is 0 Å². The van der Waals surface area contributed by atoms with Crippen LogP contribution in [0.25, 0.3) is 0 Å². The minimum atomic E-state index is -0.750. The summed E-state index contributed by atoms with van der Waals surface area (Å²) >= 11 is 1.65. The summed E-state index contributed by atoms with van der Waals surface area (Å²) in [7, 11) is 0. The van der Waals surface area contributed by atoms with Gasteiger partial charge in [-0.25, -0.2) is 0 Å². The highest BCUT2D eigenvalue weighted by Gasteiger charge is 2.37. The number of hydrogen-bond donors (Lipinski definition) is 2. The summed E-state index contributed by atoms with van der Waals surface area (Å²) in [6.07, 6.45) is -0.750. The van der Waals surface area contributed by atoms with E-state index in [9.17, 15) is 10.2 Å². The summed E-state index contributed by atoms with van der Waals surface area (Å²) in [5, 5.41) is 19.3. The van der Waals surface area contributed by atoms with Gasteiger partial charge in [0.25, 0.3) is 0 Å². The molecular weight excluding hydrogens is 328 g/mol. The smallest absolute Gasteiger partial charge is 0.0907 e. The molecule has 2 nitrogen and oxygen atoms in total. The van der Waals surface area contributed by atoms with Crippen LogP contribution in [0.5, 0.6) is 0 Å². The van der Waals surface area contributed by atoms with Crippen LogP contribution in [0.1, 0.15) is 16.7 Å². The molecule has 0 aliphatic rings. The molecular formula is C22H22O2S. The molecule has 3 heteroatoms. The normalized spacial score (nSPS) is 12.7. The number of thioether (sulfide) groups is 1. The van der Waals surface area contributed by atoms with Crippen molar-refractivity contribution in [3.05, 3.63) is 108 Å². The Morgan fingerprint density at radius 1 is 0.680 bits per heavy atom. The second-order valence-electron chi connectivity index (χ2n) is 5.93. The molecule has 0 fully saturated rings. The van der Waals surface area contributed by atoms with Gasteiger partial charge in [0.05, 0.1) is 17.5 Å². The van der Waals surface area contributed by atoms with Crippen molar-refractivity contribution in [1.29, 1.82) is 0 Å². The van der Waals surface area contributed by atoms with Gasteiger partial charge in [0.1, 0.15) is 0 Å². The van der Waals surface area contributed by atoms with E-state index in [-0.39, 0.29) is 6.61 Å². The molecule has 0 spiro atoms. The Kier molecular flexibility index (Phi) is 5.92. The van der Waals surface area contributed by atoms with Gasteiger partial charge in [0.15, 0.2) is 0 Å². The molecule has 0 unspecified atom stereocenters. The SMILES string of the molecule is OC[C@H](O)CSC(c1ccccc1)(c1ccccc1)c1ccccc1. The molecule has 0 radical (unpaired) electrons. The molecule has 0 saturated heterocycles. The van der Waals surface area contributed by atoms with Crippen molar-refractivity contribution < 1.29 is 10.2 Å². The van der Waals surface area contributed by atoms with Gasteiger partial charge in [-0.05, 0) is 16.7 Å². The van der Waals surface area contributed by atoms with Gasteiger partial charge in [-0.1, -0.05) is 91.0 Å². The van der Waals surface area contributed by atoms with Crippen LogP contribution >= 0.6 is 11.8 Å². The first kappa shape index (κ1) is 17.7. The molecule has 25 heavy (non-hydrogen) atoms. The third-order valence-electron chi connectivity index (χ3n) is 4.24. The van der Waals surface area contributed by atoms with Crippen LogP contribution in [0.15, 0.2) is 91.0 Å². The minimum absolute atomic E-state index is 0.235. The van der Waals surface area contributed by atoms with Crippen LogP contribution in [-0.2, 0) is 4.75 Å². The van der Waals surface area contributed by atoms with Crippen LogP contribution in [0.4, 0.5) is 0 Å². The molecule has 0 heterocycles. The highest BCUT2D eigenvalue weighted by atomic mass is 32.2. The lowest BCUT2D eigenvalue weighted by Crippen LogP contribution is -2.29. The second-order valence-corrected chi connectivity index (χ2v) is 7.16. The van der Waals surface area contributed by atoms with E-state index in [1.165, 1.54) is 0 Å². The Hall–Kier alpha value is -2.07. The maximum absolute atomic E-state index is 9.99. The molecule has 0 saturated carbocycles. The molecule has 0 aromatic heterocycles. The van der Waals surface area contributed by atoms with Crippen LogP contribution in [-0.4, -0.2) is 28.7 Å². The Morgan fingerprint density at radius 2 is 1.04 bits per heavy atom. The van der Waals surface area contributed by atoms with Gasteiger partial charge in [-0.3, -0.25) is 0 Å². The molecule has 0 aliphatic carbocycles. The van der Waals surface area contributed by atoms with E-state index in [1.807, 2.05) is 54.6 Å². The monoisotopic (exact) mass is 350 g/mol. The number of aliphatic hydroxyl groups is 2. The van der Waals surface area contributed by atoms with Crippen molar-refractivity contribution in [2.45, 2.75) is 10.9 Å². The molecule has 1 atom stereocenters. The Morgan fingerprint density at radius 3 is 1.36 bits per heavy atom. The fraction of sp³-hybridized carbons (Fsp3) is 0.182. The third kappa shape index (κ3) is 3.79. The minimum Gasteiger partial charge on any atom is -0.394 e. The first-order chi connectivity index (χ1) is 12.3. The maximum Gasteiger partial charge on any atom is 0.0907 e. The quantitative estimate of drug-likeness (QED) is 0.631. The fourth-order valence-electron chi connectivity index (χ4n) is 3.04. The highest BCUT2D eigenvalue weighted by molar-refractivity contribution is 8.00. The zero-order chi connectivity index (χ0) is 17.5. The Labute approximate surface area is 153 Å². The van der Waals surface area contributed by atoms with Crippen LogP contribution in [0.2, 0.25) is 0 Å². The maximum atomic E-state index is 9.99. The summed E-state index contributed by atoms with van der Waals surface area (Å²) in [5.74, 6) is 0.440. The molecule has 2 N–H and O–H groups in total. The van der Waals surface area contributed by atoms with Gasteiger partial charge < -0.3 is 10.2 Å². The number of hydrogen-bond acceptors (Lipinski definition) is 3. The van der Waals surface area contributed by atoms with Crippen molar-refractivity contribution in [2.75, 3.05) is 12.4 Å². The van der Waals surface area contributed by atoms with Crippen molar-refractivity contribution in [1.82, 2.24) is 0 Å². The summed E-state index contributed by atoms with van der Waals surface area (Å²) in [6, 6.07) is 31.0. The standard InChI is InChI=1S/C22H22O2S/c23-16-21(24)17-25-22(18-10-4-1-5-11-18,19-12-6-2-7-13-19)20-14-8-3-9-15-20/h1-15,21,23-24H,16-17H2/t21-/m0/s1. The third-order valence-corrected chi connectivity index (χ3v) is 5.94. The lowest BCUT2D eigenvalue weighted by molar-refractivity contribution is 0.113. The van der Waals surface area contributed by atoms with Crippen molar-refractivity contribution in [3.63, 3.8) is 0 Å². The van der Waals surface area contributed by atoms with E-state index < -0.39 is 10.9 Å². The van der Waals surface area contributed by atoms with Gasteiger partial charge in [-0.2, -0.15) is 0 Å². The topological polar surface area (TPSA) is 40.5 Å². The lowest BCUT2D eigenvalue weighted by atomic mass is 9.84. The van der Waals surface area contributed by atoms with E-state index in [2.05, 4.69) is 36.4 Å². The summed E-state index contributed by atoms with van der Waals surface area (Å²) < 4.78 is -0.445. The number of aliphatic hydroxyl groups excluding tert-OH is 2.